The number of nitrogens with zero attached hydrogens (tertiary/aromatic N) is 3. The van der Waals surface area contributed by atoms with E-state index in [1.165, 1.54) is 4.90 Å². The number of carbonyl (C=O) groups is 5. The Morgan fingerprint density at radius 3 is 2.32 bits per heavy atom. The van der Waals surface area contributed by atoms with Crippen LogP contribution in [-0.4, -0.2) is 121 Å². The largest absolute Gasteiger partial charge is 0.444 e. The summed E-state index contributed by atoms with van der Waals surface area (Å²) in [5.74, 6) is -4.04. The predicted molar refractivity (Wildman–Crippen MR) is 220 cm³/mol. The SMILES string of the molecule is C/C=C1/C[C@]1(NC(=O)[C@@H]1C[C@@H](OC(=O)N2Cc3ccc(NC(=O)CN4CCOCC4)cc3C2)CN1C(=O)[C@@H](Nc1cc(F)cc(C(F)(F)F)c1)C(C)(C)C)C(=O)NS(=O)(=O)C1CC1. The summed E-state index contributed by atoms with van der Waals surface area (Å²) >= 11 is 0. The summed E-state index contributed by atoms with van der Waals surface area (Å²) < 4.78 is 94.4. The van der Waals surface area contributed by atoms with Gasteiger partial charge in [-0.15, -0.1) is 0 Å². The maximum absolute atomic E-state index is 14.6. The Labute approximate surface area is 362 Å². The van der Waals surface area contributed by atoms with Gasteiger partial charge in [-0.1, -0.05) is 32.9 Å². The second kappa shape index (κ2) is 17.4. The number of morpholine rings is 1. The van der Waals surface area contributed by atoms with Gasteiger partial charge >= 0.3 is 12.3 Å². The molecule has 4 fully saturated rings. The third kappa shape index (κ3) is 10.4. The second-order valence-electron chi connectivity index (χ2n) is 17.8. The molecule has 0 unspecified atom stereocenters. The minimum absolute atomic E-state index is 0.0115. The van der Waals surface area contributed by atoms with E-state index in [4.69, 9.17) is 9.47 Å². The van der Waals surface area contributed by atoms with Gasteiger partial charge in [-0.05, 0) is 72.2 Å². The van der Waals surface area contributed by atoms with Crippen molar-refractivity contribution in [2.24, 2.45) is 5.41 Å². The highest BCUT2D eigenvalue weighted by Gasteiger charge is 2.59. The van der Waals surface area contributed by atoms with Crippen LogP contribution in [0.4, 0.5) is 33.7 Å². The van der Waals surface area contributed by atoms with Crippen molar-refractivity contribution in [1.82, 2.24) is 24.7 Å². The van der Waals surface area contributed by atoms with Crippen molar-refractivity contribution in [2.45, 2.75) is 102 Å². The van der Waals surface area contributed by atoms with Crippen LogP contribution in [0.2, 0.25) is 0 Å². The van der Waals surface area contributed by atoms with Gasteiger partial charge in [-0.25, -0.2) is 17.6 Å². The third-order valence-electron chi connectivity index (χ3n) is 11.9. The van der Waals surface area contributed by atoms with Crippen LogP contribution >= 0.6 is 0 Å². The fourth-order valence-corrected chi connectivity index (χ4v) is 9.50. The molecule has 7 rings (SSSR count). The summed E-state index contributed by atoms with van der Waals surface area (Å²) in [5.41, 5.74) is -1.91. The standard InChI is InChI=1S/C42H51F4N7O9S/c1-5-26-19-41(26,38(57)50-63(59,60)32-8-9-32)49-36(55)33-18-31(22-53(33)37(56)35(40(2,3)4)48-30-16-27(42(44,45)46)15-28(43)17-30)62-39(58)52-20-24-6-7-29(14-25(24)21-52)47-34(54)23-51-10-12-61-13-11-51/h5-7,14-17,31-33,35,48H,8-13,18-23H2,1-4H3,(H,47,54)(H,49,55)(H,50,57)/b26-5-/t31-,33+,35-,41-/m1/s1. The molecule has 4 atom stereocenters. The molecular weight excluding hydrogens is 855 g/mol. The number of sulfonamides is 1. The van der Waals surface area contributed by atoms with Gasteiger partial charge in [-0.2, -0.15) is 13.2 Å². The summed E-state index contributed by atoms with van der Waals surface area (Å²) in [7, 11) is -4.01. The quantitative estimate of drug-likeness (QED) is 0.178. The molecule has 5 amide bonds. The number of carbonyl (C=O) groups excluding carboxylic acids is 5. The smallest absolute Gasteiger partial charge is 0.416 e. The highest BCUT2D eigenvalue weighted by molar-refractivity contribution is 7.91. The molecule has 0 spiro atoms. The van der Waals surface area contributed by atoms with Crippen LogP contribution in [0, 0.1) is 11.2 Å². The molecule has 0 aromatic heterocycles. The minimum atomic E-state index is -4.90. The summed E-state index contributed by atoms with van der Waals surface area (Å²) in [6.45, 7) is 8.97. The molecule has 342 valence electrons. The lowest BCUT2D eigenvalue weighted by atomic mass is 9.85. The van der Waals surface area contributed by atoms with E-state index in [1.54, 1.807) is 52.0 Å². The van der Waals surface area contributed by atoms with Crippen LogP contribution in [0.5, 0.6) is 0 Å². The summed E-state index contributed by atoms with van der Waals surface area (Å²) in [6.07, 6.45) is -4.71. The number of hydrogen-bond acceptors (Lipinski definition) is 11. The van der Waals surface area contributed by atoms with E-state index in [1.807, 2.05) is 4.90 Å². The van der Waals surface area contributed by atoms with Crippen molar-refractivity contribution < 1.29 is 59.4 Å². The first-order valence-electron chi connectivity index (χ1n) is 20.7. The number of nitrogens with one attached hydrogen (secondary N) is 4. The number of alkyl halides is 3. The van der Waals surface area contributed by atoms with Crippen LogP contribution in [0.3, 0.4) is 0 Å². The van der Waals surface area contributed by atoms with E-state index in [0.29, 0.717) is 62.5 Å². The van der Waals surface area contributed by atoms with Crippen LogP contribution in [0.1, 0.15) is 70.1 Å². The van der Waals surface area contributed by atoms with E-state index in [9.17, 15) is 50.0 Å². The molecule has 3 aliphatic heterocycles. The van der Waals surface area contributed by atoms with E-state index in [0.717, 1.165) is 22.1 Å². The van der Waals surface area contributed by atoms with Crippen molar-refractivity contribution >= 4 is 51.1 Å². The highest BCUT2D eigenvalue weighted by Crippen LogP contribution is 2.44. The molecule has 16 nitrogen and oxygen atoms in total. The number of halogens is 4. The number of ether oxygens (including phenoxy) is 2. The molecular formula is C42H51F4N7O9S. The Morgan fingerprint density at radius 2 is 1.68 bits per heavy atom. The molecule has 2 aromatic carbocycles. The molecule has 5 aliphatic rings. The first kappa shape index (κ1) is 45.7. The van der Waals surface area contributed by atoms with Crippen molar-refractivity contribution in [1.29, 1.82) is 0 Å². The van der Waals surface area contributed by atoms with Gasteiger partial charge in [0.05, 0.1) is 37.1 Å². The van der Waals surface area contributed by atoms with Gasteiger partial charge in [-0.3, -0.25) is 33.7 Å². The zero-order valence-corrected chi connectivity index (χ0v) is 36.1. The Balaban J connectivity index is 1.09. The molecule has 21 heteroatoms. The molecule has 2 saturated carbocycles. The number of anilines is 2. The summed E-state index contributed by atoms with van der Waals surface area (Å²) in [6, 6.07) is 4.30. The first-order valence-corrected chi connectivity index (χ1v) is 22.3. The van der Waals surface area contributed by atoms with Gasteiger partial charge in [0.25, 0.3) is 5.91 Å². The van der Waals surface area contributed by atoms with Crippen molar-refractivity contribution in [3.8, 4) is 0 Å². The molecule has 63 heavy (non-hydrogen) atoms. The van der Waals surface area contributed by atoms with E-state index in [-0.39, 0.29) is 50.6 Å². The monoisotopic (exact) mass is 905 g/mol. The van der Waals surface area contributed by atoms with Crippen LogP contribution in [0.15, 0.2) is 48.0 Å². The normalized spacial score (nSPS) is 23.8. The Morgan fingerprint density at radius 1 is 0.984 bits per heavy atom. The van der Waals surface area contributed by atoms with Crippen LogP contribution in [-0.2, 0) is 57.9 Å². The van der Waals surface area contributed by atoms with Gasteiger partial charge in [0.15, 0.2) is 0 Å². The lowest BCUT2D eigenvalue weighted by Crippen LogP contribution is -2.58. The van der Waals surface area contributed by atoms with E-state index >= 15 is 0 Å². The fraction of sp³-hybridized carbons (Fsp3) is 0.548. The predicted octanol–water partition coefficient (Wildman–Crippen LogP) is 3.88. The van der Waals surface area contributed by atoms with Crippen molar-refractivity contribution in [3.63, 3.8) is 0 Å². The number of benzene rings is 2. The summed E-state index contributed by atoms with van der Waals surface area (Å²) in [4.78, 5) is 73.5. The molecule has 4 N–H and O–H groups in total. The number of hydrogen-bond donors (Lipinski definition) is 4. The average Bonchev–Trinajstić information content (AvgIpc) is 4.10. The van der Waals surface area contributed by atoms with Gasteiger partial charge in [0.2, 0.25) is 27.7 Å². The molecule has 0 radical (unpaired) electrons. The molecule has 0 bridgehead atoms. The van der Waals surface area contributed by atoms with Crippen molar-refractivity contribution in [3.05, 3.63) is 70.6 Å². The second-order valence-corrected chi connectivity index (χ2v) is 19.7. The topological polar surface area (TPSA) is 196 Å². The number of likely N-dealkylation sites (tertiary alicyclic amines) is 1. The maximum Gasteiger partial charge on any atom is 0.416 e. The highest BCUT2D eigenvalue weighted by atomic mass is 32.2. The Kier molecular flexibility index (Phi) is 12.6. The first-order chi connectivity index (χ1) is 29.6. The minimum Gasteiger partial charge on any atom is -0.444 e. The zero-order valence-electron chi connectivity index (χ0n) is 35.3. The van der Waals surface area contributed by atoms with E-state index < -0.39 is 85.8 Å². The number of rotatable bonds is 12. The van der Waals surface area contributed by atoms with Gasteiger partial charge in [0.1, 0.15) is 29.5 Å². The lowest BCUT2D eigenvalue weighted by Gasteiger charge is -2.36. The lowest BCUT2D eigenvalue weighted by molar-refractivity contribution is -0.141. The average molecular weight is 906 g/mol. The number of allylic oxidation sites excluding steroid dienone is 1. The fourth-order valence-electron chi connectivity index (χ4n) is 8.14. The summed E-state index contributed by atoms with van der Waals surface area (Å²) in [5, 5.41) is 7.55. The zero-order chi connectivity index (χ0) is 45.6. The van der Waals surface area contributed by atoms with Crippen LogP contribution in [0.25, 0.3) is 0 Å². The van der Waals surface area contributed by atoms with Crippen molar-refractivity contribution in [2.75, 3.05) is 50.0 Å². The molecule has 2 saturated heterocycles. The van der Waals surface area contributed by atoms with Gasteiger partial charge in [0, 0.05) is 50.4 Å². The van der Waals surface area contributed by atoms with Gasteiger partial charge < -0.3 is 30.3 Å². The third-order valence-corrected chi connectivity index (χ3v) is 13.7. The Hall–Kier alpha value is -5.28. The number of amides is 5. The molecule has 2 aliphatic carbocycles. The maximum atomic E-state index is 14.6. The Bertz CT molecular complexity index is 2310. The van der Waals surface area contributed by atoms with Crippen LogP contribution < -0.4 is 20.7 Å². The molecule has 2 aromatic rings. The van der Waals surface area contributed by atoms with E-state index in [2.05, 4.69) is 20.7 Å². The number of fused-ring (bicyclic) bond motifs is 1. The molecule has 3 heterocycles.